The molecule has 1 atom stereocenters. The molecule has 0 unspecified atom stereocenters. The molecule has 0 aromatic heterocycles. The van der Waals surface area contributed by atoms with E-state index in [1.807, 2.05) is 0 Å². The number of benzene rings is 2. The first-order chi connectivity index (χ1) is 14.0. The third-order valence-corrected chi connectivity index (χ3v) is 4.41. The van der Waals surface area contributed by atoms with Crippen LogP contribution in [0.25, 0.3) is 0 Å². The van der Waals surface area contributed by atoms with E-state index in [9.17, 15) is 19.2 Å². The zero-order chi connectivity index (χ0) is 21.0. The van der Waals surface area contributed by atoms with Crippen LogP contribution >= 0.6 is 0 Å². The summed E-state index contributed by atoms with van der Waals surface area (Å²) in [6.07, 6.45) is 0. The molecule has 2 aromatic rings. The molecule has 2 aromatic carbocycles. The number of ketones is 1. The fraction of sp³-hybridized carbons (Fsp3) is 0.143. The Morgan fingerprint density at radius 3 is 2.03 bits per heavy atom. The van der Waals surface area contributed by atoms with Gasteiger partial charge < -0.3 is 20.1 Å². The molecule has 1 aliphatic rings. The predicted molar refractivity (Wildman–Crippen MR) is 102 cm³/mol. The Balaban J connectivity index is 2.12. The van der Waals surface area contributed by atoms with E-state index in [1.165, 1.54) is 19.2 Å². The third-order valence-electron chi connectivity index (χ3n) is 4.41. The minimum Gasteiger partial charge on any atom is -0.465 e. The quantitative estimate of drug-likeness (QED) is 0.594. The van der Waals surface area contributed by atoms with Crippen LogP contribution in [-0.4, -0.2) is 38.0 Å². The molecule has 8 heteroatoms. The molecule has 0 fully saturated rings. The summed E-state index contributed by atoms with van der Waals surface area (Å²) < 4.78 is 9.43. The molecule has 0 saturated carbocycles. The highest BCUT2D eigenvalue weighted by atomic mass is 16.5. The van der Waals surface area contributed by atoms with Crippen LogP contribution < -0.4 is 10.6 Å². The highest BCUT2D eigenvalue weighted by Gasteiger charge is 2.36. The lowest BCUT2D eigenvalue weighted by molar-refractivity contribution is -0.136. The van der Waals surface area contributed by atoms with Crippen molar-refractivity contribution < 1.29 is 28.7 Å². The average molecular weight is 394 g/mol. The topological polar surface area (TPSA) is 111 Å². The van der Waals surface area contributed by atoms with Crippen LogP contribution in [0.4, 0.5) is 4.79 Å². The van der Waals surface area contributed by atoms with Gasteiger partial charge in [0.15, 0.2) is 5.78 Å². The molecule has 2 N–H and O–H groups in total. The number of esters is 2. The van der Waals surface area contributed by atoms with Gasteiger partial charge in [-0.05, 0) is 17.7 Å². The Labute approximate surface area is 166 Å². The Bertz CT molecular complexity index is 996. The summed E-state index contributed by atoms with van der Waals surface area (Å²) in [6, 6.07) is 13.0. The Morgan fingerprint density at radius 1 is 0.828 bits per heavy atom. The van der Waals surface area contributed by atoms with Gasteiger partial charge in [0.05, 0.1) is 31.4 Å². The molecule has 29 heavy (non-hydrogen) atoms. The third kappa shape index (κ3) is 4.01. The summed E-state index contributed by atoms with van der Waals surface area (Å²) in [5.41, 5.74) is 0.969. The van der Waals surface area contributed by atoms with E-state index in [4.69, 9.17) is 4.74 Å². The molecule has 1 heterocycles. The van der Waals surface area contributed by atoms with Crippen molar-refractivity contribution in [1.29, 1.82) is 0 Å². The van der Waals surface area contributed by atoms with Crippen molar-refractivity contribution in [2.24, 2.45) is 0 Å². The van der Waals surface area contributed by atoms with Gasteiger partial charge in [0, 0.05) is 5.56 Å². The van der Waals surface area contributed by atoms with Crippen molar-refractivity contribution in [2.75, 3.05) is 14.2 Å². The number of hydrogen-bond donors (Lipinski definition) is 2. The number of methoxy groups -OCH3 is 2. The molecule has 3 rings (SSSR count). The second-order valence-electron chi connectivity index (χ2n) is 6.12. The Hall–Kier alpha value is -3.94. The zero-order valence-corrected chi connectivity index (χ0v) is 15.7. The van der Waals surface area contributed by atoms with E-state index >= 15 is 0 Å². The van der Waals surface area contributed by atoms with Crippen molar-refractivity contribution in [3.05, 3.63) is 82.6 Å². The summed E-state index contributed by atoms with van der Waals surface area (Å²) in [5, 5.41) is 5.02. The first kappa shape index (κ1) is 19.8. The Morgan fingerprint density at radius 2 is 1.45 bits per heavy atom. The molecule has 0 spiro atoms. The SMILES string of the molecule is COC(=O)C1=C(C(=O)c2ccccc2)[C@@H](c2ccc(C(=O)OC)cc2)NC(=O)N1. The number of ether oxygens (including phenoxy) is 2. The van der Waals surface area contributed by atoms with Gasteiger partial charge in [-0.3, -0.25) is 4.79 Å². The standard InChI is InChI=1S/C21H18N2O6/c1-28-19(25)14-10-8-12(9-11-14)16-15(18(24)13-6-4-3-5-7-13)17(20(26)29-2)23-21(27)22-16/h3-11,16H,1-2H3,(H2,22,23,27)/t16-/m1/s1. The maximum atomic E-state index is 13.2. The van der Waals surface area contributed by atoms with Crippen molar-refractivity contribution in [3.8, 4) is 0 Å². The maximum Gasteiger partial charge on any atom is 0.355 e. The van der Waals surface area contributed by atoms with E-state index in [-0.39, 0.29) is 11.3 Å². The largest absolute Gasteiger partial charge is 0.465 e. The second kappa shape index (κ2) is 8.39. The summed E-state index contributed by atoms with van der Waals surface area (Å²) in [5.74, 6) is -1.80. The molecule has 0 radical (unpaired) electrons. The smallest absolute Gasteiger partial charge is 0.355 e. The predicted octanol–water partition coefficient (Wildman–Crippen LogP) is 2.14. The first-order valence-corrected chi connectivity index (χ1v) is 8.64. The molecule has 1 aliphatic heterocycles. The number of rotatable bonds is 5. The van der Waals surface area contributed by atoms with Gasteiger partial charge in [0.25, 0.3) is 0 Å². The number of carbonyl (C=O) groups is 4. The molecule has 148 valence electrons. The van der Waals surface area contributed by atoms with Crippen molar-refractivity contribution >= 4 is 23.8 Å². The molecule has 2 amide bonds. The summed E-state index contributed by atoms with van der Waals surface area (Å²) in [6.45, 7) is 0. The summed E-state index contributed by atoms with van der Waals surface area (Å²) in [4.78, 5) is 49.3. The van der Waals surface area contributed by atoms with Crippen molar-refractivity contribution in [1.82, 2.24) is 10.6 Å². The second-order valence-corrected chi connectivity index (χ2v) is 6.12. The average Bonchev–Trinajstić information content (AvgIpc) is 2.77. The zero-order valence-electron chi connectivity index (χ0n) is 15.7. The maximum absolute atomic E-state index is 13.2. The van der Waals surface area contributed by atoms with Crippen LogP contribution in [0.15, 0.2) is 65.9 Å². The van der Waals surface area contributed by atoms with Crippen LogP contribution in [0.1, 0.15) is 32.3 Å². The molecule has 0 aliphatic carbocycles. The van der Waals surface area contributed by atoms with Crippen molar-refractivity contribution in [2.45, 2.75) is 6.04 Å². The lowest BCUT2D eigenvalue weighted by atomic mass is 9.89. The number of urea groups is 1. The van der Waals surface area contributed by atoms with Gasteiger partial charge in [-0.2, -0.15) is 0 Å². The molecule has 0 saturated heterocycles. The van der Waals surface area contributed by atoms with Crippen LogP contribution in [0.2, 0.25) is 0 Å². The van der Waals surface area contributed by atoms with Crippen LogP contribution in [-0.2, 0) is 14.3 Å². The van der Waals surface area contributed by atoms with Crippen LogP contribution in [0, 0.1) is 0 Å². The number of carbonyl (C=O) groups excluding carboxylic acids is 4. The number of hydrogen-bond acceptors (Lipinski definition) is 6. The van der Waals surface area contributed by atoms with E-state index < -0.39 is 29.8 Å². The fourth-order valence-corrected chi connectivity index (χ4v) is 3.00. The van der Waals surface area contributed by atoms with E-state index in [1.54, 1.807) is 42.5 Å². The number of Topliss-reactive ketones (excluding diaryl/α,β-unsaturated/α-hetero) is 1. The fourth-order valence-electron chi connectivity index (χ4n) is 3.00. The lowest BCUT2D eigenvalue weighted by Gasteiger charge is -2.29. The van der Waals surface area contributed by atoms with Crippen LogP contribution in [0.5, 0.6) is 0 Å². The highest BCUT2D eigenvalue weighted by Crippen LogP contribution is 2.30. The van der Waals surface area contributed by atoms with E-state index in [0.29, 0.717) is 16.7 Å². The van der Waals surface area contributed by atoms with Gasteiger partial charge in [0.1, 0.15) is 5.70 Å². The monoisotopic (exact) mass is 394 g/mol. The summed E-state index contributed by atoms with van der Waals surface area (Å²) >= 11 is 0. The minimum absolute atomic E-state index is 0.0356. The van der Waals surface area contributed by atoms with Crippen LogP contribution in [0.3, 0.4) is 0 Å². The molecular weight excluding hydrogens is 376 g/mol. The minimum atomic E-state index is -0.919. The Kier molecular flexibility index (Phi) is 5.73. The van der Waals surface area contributed by atoms with Gasteiger partial charge in [-0.1, -0.05) is 42.5 Å². The number of nitrogens with one attached hydrogen (secondary N) is 2. The number of amides is 2. The first-order valence-electron chi connectivity index (χ1n) is 8.64. The van der Waals surface area contributed by atoms with Gasteiger partial charge in [-0.25, -0.2) is 14.4 Å². The van der Waals surface area contributed by atoms with Gasteiger partial charge >= 0.3 is 18.0 Å². The molecular formula is C21H18N2O6. The molecule has 0 bridgehead atoms. The van der Waals surface area contributed by atoms with Gasteiger partial charge in [0.2, 0.25) is 0 Å². The molecule has 8 nitrogen and oxygen atoms in total. The van der Waals surface area contributed by atoms with E-state index in [0.717, 1.165) is 7.11 Å². The lowest BCUT2D eigenvalue weighted by Crippen LogP contribution is -2.47. The van der Waals surface area contributed by atoms with Gasteiger partial charge in [-0.15, -0.1) is 0 Å². The summed E-state index contributed by atoms with van der Waals surface area (Å²) in [7, 11) is 2.43. The van der Waals surface area contributed by atoms with Crippen molar-refractivity contribution in [3.63, 3.8) is 0 Å². The normalized spacial score (nSPS) is 15.8. The highest BCUT2D eigenvalue weighted by molar-refractivity contribution is 6.15. The van der Waals surface area contributed by atoms with E-state index in [2.05, 4.69) is 15.4 Å².